The van der Waals surface area contributed by atoms with E-state index in [0.29, 0.717) is 14.5 Å². The number of benzene rings is 1. The molecule has 0 bridgehead atoms. The third kappa shape index (κ3) is 2.34. The van der Waals surface area contributed by atoms with Gasteiger partial charge in [0, 0.05) is 0 Å². The van der Waals surface area contributed by atoms with Gasteiger partial charge in [0.25, 0.3) is 0 Å². The average molecular weight is 319 g/mol. The predicted octanol–water partition coefficient (Wildman–Crippen LogP) is -1.84. The molecule has 0 saturated carbocycles. The van der Waals surface area contributed by atoms with E-state index in [1.807, 2.05) is 0 Å². The molecule has 1 aromatic carbocycles. The SMILES string of the molecule is O=c1ccoc2ccc([I-]N([O-])O)cc12. The van der Waals surface area contributed by atoms with Gasteiger partial charge in [0.2, 0.25) is 0 Å². The maximum atomic E-state index is 11.4. The summed E-state index contributed by atoms with van der Waals surface area (Å²) in [4.78, 5) is 11.4. The molecule has 15 heavy (non-hydrogen) atoms. The molecule has 0 spiro atoms. The molecule has 6 heteroatoms. The molecule has 0 aliphatic rings. The van der Waals surface area contributed by atoms with Crippen LogP contribution in [0.4, 0.5) is 0 Å². The van der Waals surface area contributed by atoms with Gasteiger partial charge in [-0.2, -0.15) is 0 Å². The number of hydrogen-bond donors (Lipinski definition) is 1. The van der Waals surface area contributed by atoms with E-state index in [4.69, 9.17) is 9.62 Å². The Bertz CT molecular complexity index is 537. The molecule has 0 radical (unpaired) electrons. The molecule has 2 rings (SSSR count). The van der Waals surface area contributed by atoms with Crippen molar-refractivity contribution in [3.8, 4) is 0 Å². The summed E-state index contributed by atoms with van der Waals surface area (Å²) in [6.07, 6.45) is 1.32. The van der Waals surface area contributed by atoms with E-state index in [1.165, 1.54) is 12.3 Å². The zero-order valence-electron chi connectivity index (χ0n) is 7.38. The Kier molecular flexibility index (Phi) is 3.00. The van der Waals surface area contributed by atoms with Gasteiger partial charge in [0.1, 0.15) is 0 Å². The van der Waals surface area contributed by atoms with Crippen LogP contribution in [0.15, 0.2) is 39.7 Å². The van der Waals surface area contributed by atoms with E-state index < -0.39 is 21.5 Å². The molecule has 5 nitrogen and oxygen atoms in total. The van der Waals surface area contributed by atoms with Crippen molar-refractivity contribution in [1.29, 1.82) is 0 Å². The third-order valence-corrected chi connectivity index (χ3v) is 3.43. The van der Waals surface area contributed by atoms with Gasteiger partial charge in [-0.15, -0.1) is 0 Å². The number of hydrogen-bond acceptors (Lipinski definition) is 5. The second-order valence-corrected chi connectivity index (χ2v) is 5.29. The maximum absolute atomic E-state index is 11.4. The molecule has 0 fully saturated rings. The Morgan fingerprint density at radius 1 is 1.40 bits per heavy atom. The van der Waals surface area contributed by atoms with Crippen LogP contribution in [0.1, 0.15) is 0 Å². The van der Waals surface area contributed by atoms with Gasteiger partial charge in [-0.05, 0) is 0 Å². The summed E-state index contributed by atoms with van der Waals surface area (Å²) in [6.45, 7) is 0. The molecular weight excluding hydrogens is 313 g/mol. The molecule has 0 saturated heterocycles. The van der Waals surface area contributed by atoms with Gasteiger partial charge >= 0.3 is 95.0 Å². The number of rotatable bonds is 2. The molecule has 2 aromatic rings. The van der Waals surface area contributed by atoms with E-state index in [2.05, 4.69) is 0 Å². The topological polar surface area (TPSA) is 76.7 Å². The van der Waals surface area contributed by atoms with Gasteiger partial charge < -0.3 is 0 Å². The van der Waals surface area contributed by atoms with E-state index in [9.17, 15) is 10.0 Å². The predicted molar refractivity (Wildman–Crippen MR) is 48.2 cm³/mol. The second kappa shape index (κ2) is 4.27. The first-order valence-corrected chi connectivity index (χ1v) is 6.04. The van der Waals surface area contributed by atoms with Crippen LogP contribution >= 0.6 is 0 Å². The Balaban J connectivity index is 2.55. The fraction of sp³-hybridized carbons (Fsp3) is 0. The molecule has 0 amide bonds. The van der Waals surface area contributed by atoms with Gasteiger partial charge in [-0.25, -0.2) is 0 Å². The third-order valence-electron chi connectivity index (χ3n) is 1.79. The van der Waals surface area contributed by atoms with Crippen molar-refractivity contribution in [3.05, 3.63) is 49.5 Å². The summed E-state index contributed by atoms with van der Waals surface area (Å²) in [5.74, 6) is 0. The molecule has 1 aromatic heterocycles. The minimum absolute atomic E-state index is 0.0788. The van der Waals surface area contributed by atoms with Crippen molar-refractivity contribution in [2.75, 3.05) is 0 Å². The zero-order valence-corrected chi connectivity index (χ0v) is 9.54. The summed E-state index contributed by atoms with van der Waals surface area (Å²) in [6, 6.07) is 6.18. The normalized spacial score (nSPS) is 11.4. The van der Waals surface area contributed by atoms with Crippen LogP contribution in [0.3, 0.4) is 0 Å². The zero-order chi connectivity index (χ0) is 10.8. The van der Waals surface area contributed by atoms with Crippen molar-refractivity contribution in [2.24, 2.45) is 0 Å². The first kappa shape index (κ1) is 10.6. The average Bonchev–Trinajstić information content (AvgIpc) is 2.18. The quantitative estimate of drug-likeness (QED) is 0.400. The molecule has 0 unspecified atom stereocenters. The van der Waals surface area contributed by atoms with Gasteiger partial charge in [-0.1, -0.05) is 0 Å². The summed E-state index contributed by atoms with van der Waals surface area (Å²) < 4.78 is 5.70. The van der Waals surface area contributed by atoms with Gasteiger partial charge in [0.05, 0.1) is 0 Å². The van der Waals surface area contributed by atoms with E-state index >= 15 is 0 Å². The van der Waals surface area contributed by atoms with Crippen LogP contribution in [0.2, 0.25) is 0 Å². The fourth-order valence-corrected chi connectivity index (χ4v) is 2.46. The summed E-state index contributed by atoms with van der Waals surface area (Å²) in [5.41, 5.74) is 0.322. The standard InChI is InChI=1S/C9H6INO4/c12-8-3-4-15-9-2-1-6(5-7(8)9)10-11(13)14/h1-5,13H/q-2. The molecule has 0 atom stereocenters. The first-order chi connectivity index (χ1) is 7.16. The molecule has 80 valence electrons. The van der Waals surface area contributed by atoms with Crippen molar-refractivity contribution in [2.45, 2.75) is 0 Å². The Morgan fingerprint density at radius 2 is 2.20 bits per heavy atom. The number of nitrogens with zero attached hydrogens (tertiary/aromatic N) is 1. The van der Waals surface area contributed by atoms with Crippen LogP contribution in [0.5, 0.6) is 0 Å². The number of halogens is 1. The van der Waals surface area contributed by atoms with Crippen molar-refractivity contribution < 1.29 is 31.1 Å². The van der Waals surface area contributed by atoms with Crippen LogP contribution in [0, 0.1) is 8.78 Å². The van der Waals surface area contributed by atoms with Crippen LogP contribution in [0.25, 0.3) is 11.0 Å². The van der Waals surface area contributed by atoms with Crippen LogP contribution in [-0.4, -0.2) is 8.65 Å². The van der Waals surface area contributed by atoms with E-state index in [1.54, 1.807) is 18.2 Å². The van der Waals surface area contributed by atoms with Crippen molar-refractivity contribution >= 4 is 11.0 Å². The summed E-state index contributed by atoms with van der Waals surface area (Å²) in [5, 5.41) is 19.5. The molecule has 1 heterocycles. The Morgan fingerprint density at radius 3 is 2.93 bits per heavy atom. The van der Waals surface area contributed by atoms with E-state index in [-0.39, 0.29) is 8.87 Å². The second-order valence-electron chi connectivity index (χ2n) is 2.74. The molecule has 1 N–H and O–H groups in total. The minimum atomic E-state index is -1.17. The van der Waals surface area contributed by atoms with Crippen LogP contribution in [-0.2, 0) is 0 Å². The molecule has 0 aliphatic carbocycles. The fourth-order valence-electron chi connectivity index (χ4n) is 1.19. The Labute approximate surface area is 95.1 Å². The monoisotopic (exact) mass is 319 g/mol. The van der Waals surface area contributed by atoms with Crippen molar-refractivity contribution in [1.82, 2.24) is 3.44 Å². The summed E-state index contributed by atoms with van der Waals surface area (Å²) in [7, 11) is 0. The van der Waals surface area contributed by atoms with Crippen LogP contribution < -0.4 is 26.9 Å². The number of fused-ring (bicyclic) bond motifs is 1. The van der Waals surface area contributed by atoms with Gasteiger partial charge in [-0.3, -0.25) is 0 Å². The molecular formula is C9H6INO4-2. The summed E-state index contributed by atoms with van der Waals surface area (Å²) >= 11 is -1.17. The molecule has 0 aliphatic heterocycles. The van der Waals surface area contributed by atoms with Gasteiger partial charge in [0.15, 0.2) is 0 Å². The van der Waals surface area contributed by atoms with Crippen molar-refractivity contribution in [3.63, 3.8) is 0 Å². The van der Waals surface area contributed by atoms with E-state index in [0.717, 1.165) is 0 Å². The first-order valence-electron chi connectivity index (χ1n) is 3.99. The Hall–Kier alpha value is -0.960.